The van der Waals surface area contributed by atoms with Crippen LogP contribution in [0.4, 0.5) is 0 Å². The normalized spacial score (nSPS) is 12.3. The van der Waals surface area contributed by atoms with Gasteiger partial charge in [-0.1, -0.05) is 20.4 Å². The fourth-order valence-corrected chi connectivity index (χ4v) is 1.66. The molecule has 0 radical (unpaired) electrons. The highest BCUT2D eigenvalue weighted by molar-refractivity contribution is 5.86. The molecule has 0 aliphatic carbocycles. The minimum atomic E-state index is -0.857. The van der Waals surface area contributed by atoms with E-state index in [9.17, 15) is 9.90 Å². The van der Waals surface area contributed by atoms with E-state index in [0.29, 0.717) is 18.6 Å². The lowest BCUT2D eigenvalue weighted by atomic mass is 9.93. The Morgan fingerprint density at radius 3 is 2.16 bits per heavy atom. The van der Waals surface area contributed by atoms with Gasteiger partial charge in [-0.05, 0) is 33.6 Å². The van der Waals surface area contributed by atoms with Crippen LogP contribution in [0, 0.1) is 0 Å². The monoisotopic (exact) mass is 272 g/mol. The smallest absolute Gasteiger partial charge is 0.333 e. The van der Waals surface area contributed by atoms with Gasteiger partial charge < -0.3 is 14.6 Å². The molecule has 19 heavy (non-hydrogen) atoms. The maximum Gasteiger partial charge on any atom is 0.333 e. The summed E-state index contributed by atoms with van der Waals surface area (Å²) in [6, 6.07) is 0. The molecule has 0 saturated carbocycles. The summed E-state index contributed by atoms with van der Waals surface area (Å²) in [5.74, 6) is -0.372. The second-order valence-corrected chi connectivity index (χ2v) is 5.66. The Labute approximate surface area is 116 Å². The van der Waals surface area contributed by atoms with Gasteiger partial charge in [-0.2, -0.15) is 0 Å². The number of aliphatic hydroxyl groups is 1. The van der Waals surface area contributed by atoms with Gasteiger partial charge in [-0.3, -0.25) is 0 Å². The van der Waals surface area contributed by atoms with Crippen molar-refractivity contribution in [3.63, 3.8) is 0 Å². The van der Waals surface area contributed by atoms with E-state index >= 15 is 0 Å². The number of carbonyl (C=O) groups is 1. The Hall–Kier alpha value is -0.870. The van der Waals surface area contributed by atoms with Crippen LogP contribution in [0.5, 0.6) is 0 Å². The Bertz CT molecular complexity index is 298. The molecule has 0 aromatic rings. The van der Waals surface area contributed by atoms with Crippen molar-refractivity contribution in [3.8, 4) is 0 Å². The van der Waals surface area contributed by atoms with Crippen LogP contribution in [0.25, 0.3) is 0 Å². The third-order valence-corrected chi connectivity index (χ3v) is 3.16. The lowest BCUT2D eigenvalue weighted by Crippen LogP contribution is -2.39. The van der Waals surface area contributed by atoms with Crippen molar-refractivity contribution in [2.75, 3.05) is 13.2 Å². The molecule has 1 N–H and O–H groups in total. The van der Waals surface area contributed by atoms with Crippen molar-refractivity contribution in [1.29, 1.82) is 0 Å². The SMILES string of the molecule is C=C(C)C(=O)OCCC(CC)(CC)OCC(C)(C)O. The maximum absolute atomic E-state index is 11.3. The van der Waals surface area contributed by atoms with Crippen molar-refractivity contribution >= 4 is 5.97 Å². The van der Waals surface area contributed by atoms with Crippen LogP contribution in [0.2, 0.25) is 0 Å². The van der Waals surface area contributed by atoms with Crippen molar-refractivity contribution in [1.82, 2.24) is 0 Å². The summed E-state index contributed by atoms with van der Waals surface area (Å²) in [5.41, 5.74) is -0.810. The zero-order chi connectivity index (χ0) is 15.1. The van der Waals surface area contributed by atoms with Gasteiger partial charge in [0.1, 0.15) is 0 Å². The largest absolute Gasteiger partial charge is 0.462 e. The lowest BCUT2D eigenvalue weighted by molar-refractivity contribution is -0.145. The molecule has 0 aliphatic rings. The summed E-state index contributed by atoms with van der Waals surface area (Å²) in [6.45, 7) is 13.2. The summed E-state index contributed by atoms with van der Waals surface area (Å²) in [6.07, 6.45) is 2.24. The fourth-order valence-electron chi connectivity index (χ4n) is 1.66. The van der Waals surface area contributed by atoms with E-state index in [1.54, 1.807) is 20.8 Å². The molecular weight excluding hydrogens is 244 g/mol. The Balaban J connectivity index is 4.38. The first-order valence-corrected chi connectivity index (χ1v) is 6.85. The molecule has 0 rings (SSSR count). The van der Waals surface area contributed by atoms with Crippen molar-refractivity contribution < 1.29 is 19.4 Å². The molecule has 0 heterocycles. The maximum atomic E-state index is 11.3. The number of hydrogen-bond donors (Lipinski definition) is 1. The highest BCUT2D eigenvalue weighted by Gasteiger charge is 2.29. The van der Waals surface area contributed by atoms with Crippen LogP contribution >= 0.6 is 0 Å². The van der Waals surface area contributed by atoms with Gasteiger partial charge >= 0.3 is 5.97 Å². The molecule has 112 valence electrons. The van der Waals surface area contributed by atoms with Crippen molar-refractivity contribution in [2.45, 2.75) is 65.1 Å². The first-order valence-electron chi connectivity index (χ1n) is 6.85. The van der Waals surface area contributed by atoms with Crippen molar-refractivity contribution in [2.24, 2.45) is 0 Å². The lowest BCUT2D eigenvalue weighted by Gasteiger charge is -2.34. The summed E-state index contributed by atoms with van der Waals surface area (Å²) >= 11 is 0. The number of ether oxygens (including phenoxy) is 2. The highest BCUT2D eigenvalue weighted by atomic mass is 16.5. The van der Waals surface area contributed by atoms with Crippen LogP contribution in [-0.4, -0.2) is 35.5 Å². The van der Waals surface area contributed by atoms with Crippen molar-refractivity contribution in [3.05, 3.63) is 12.2 Å². The van der Waals surface area contributed by atoms with Gasteiger partial charge in [-0.25, -0.2) is 4.79 Å². The number of rotatable bonds is 9. The fraction of sp³-hybridized carbons (Fsp3) is 0.800. The molecule has 0 amide bonds. The third kappa shape index (κ3) is 7.33. The quantitative estimate of drug-likeness (QED) is 0.518. The van der Waals surface area contributed by atoms with Gasteiger partial charge in [0, 0.05) is 12.0 Å². The van der Waals surface area contributed by atoms with E-state index in [-0.39, 0.29) is 18.2 Å². The van der Waals surface area contributed by atoms with Gasteiger partial charge in [0.25, 0.3) is 0 Å². The van der Waals surface area contributed by atoms with E-state index < -0.39 is 5.60 Å². The summed E-state index contributed by atoms with van der Waals surface area (Å²) < 4.78 is 11.0. The Kier molecular flexibility index (Phi) is 7.30. The number of esters is 1. The van der Waals surface area contributed by atoms with E-state index in [4.69, 9.17) is 9.47 Å². The molecular formula is C15H28O4. The summed E-state index contributed by atoms with van der Waals surface area (Å²) in [4.78, 5) is 11.3. The predicted molar refractivity (Wildman–Crippen MR) is 76.0 cm³/mol. The first kappa shape index (κ1) is 18.1. The second-order valence-electron chi connectivity index (χ2n) is 5.66. The van der Waals surface area contributed by atoms with Crippen LogP contribution < -0.4 is 0 Å². The molecule has 0 aliphatic heterocycles. The molecule has 0 unspecified atom stereocenters. The molecule has 0 aromatic heterocycles. The molecule has 0 fully saturated rings. The highest BCUT2D eigenvalue weighted by Crippen LogP contribution is 2.26. The van der Waals surface area contributed by atoms with E-state index in [1.165, 1.54) is 0 Å². The molecule has 0 spiro atoms. The zero-order valence-corrected chi connectivity index (χ0v) is 12.9. The van der Waals surface area contributed by atoms with Crippen LogP contribution in [0.15, 0.2) is 12.2 Å². The molecule has 4 heteroatoms. The first-order chi connectivity index (χ1) is 8.66. The van der Waals surface area contributed by atoms with Gasteiger partial charge in [0.15, 0.2) is 0 Å². The predicted octanol–water partition coefficient (Wildman–Crippen LogP) is 2.84. The van der Waals surface area contributed by atoms with E-state index in [1.807, 2.05) is 13.8 Å². The minimum Gasteiger partial charge on any atom is -0.462 e. The zero-order valence-electron chi connectivity index (χ0n) is 12.9. The minimum absolute atomic E-state index is 0.267. The molecule has 0 atom stereocenters. The van der Waals surface area contributed by atoms with Gasteiger partial charge in [0.05, 0.1) is 24.4 Å². The third-order valence-electron chi connectivity index (χ3n) is 3.16. The Morgan fingerprint density at radius 2 is 1.79 bits per heavy atom. The summed E-state index contributed by atoms with van der Waals surface area (Å²) in [5, 5.41) is 9.74. The standard InChI is InChI=1S/C15H28O4/c1-7-15(8-2,19-11-14(5,6)17)9-10-18-13(16)12(3)4/h17H,3,7-11H2,1-2,4-6H3. The van der Waals surface area contributed by atoms with Crippen LogP contribution in [0.3, 0.4) is 0 Å². The second kappa shape index (κ2) is 7.65. The summed E-state index contributed by atoms with van der Waals surface area (Å²) in [7, 11) is 0. The molecule has 0 aromatic carbocycles. The topological polar surface area (TPSA) is 55.8 Å². The number of hydrogen-bond acceptors (Lipinski definition) is 4. The van der Waals surface area contributed by atoms with Crippen LogP contribution in [-0.2, 0) is 14.3 Å². The molecule has 4 nitrogen and oxygen atoms in total. The Morgan fingerprint density at radius 1 is 1.26 bits per heavy atom. The average molecular weight is 272 g/mol. The van der Waals surface area contributed by atoms with E-state index in [2.05, 4.69) is 6.58 Å². The van der Waals surface area contributed by atoms with E-state index in [0.717, 1.165) is 12.8 Å². The molecule has 0 saturated heterocycles. The van der Waals surface area contributed by atoms with Crippen LogP contribution in [0.1, 0.15) is 53.9 Å². The average Bonchev–Trinajstić information content (AvgIpc) is 2.32. The number of carbonyl (C=O) groups excluding carboxylic acids is 1. The van der Waals surface area contributed by atoms with Gasteiger partial charge in [-0.15, -0.1) is 0 Å². The van der Waals surface area contributed by atoms with Gasteiger partial charge in [0.2, 0.25) is 0 Å². The molecule has 0 bridgehead atoms.